The summed E-state index contributed by atoms with van der Waals surface area (Å²) in [5.74, 6) is -1.45. The van der Waals surface area contributed by atoms with Gasteiger partial charge >= 0.3 is 0 Å². The lowest BCUT2D eigenvalue weighted by molar-refractivity contribution is 0.100. The summed E-state index contributed by atoms with van der Waals surface area (Å²) in [4.78, 5) is 29.0. The number of hydrogen-bond acceptors (Lipinski definition) is 4. The van der Waals surface area contributed by atoms with Crippen LogP contribution in [-0.4, -0.2) is 25.3 Å². The molecule has 2 aromatic heterocycles. The van der Waals surface area contributed by atoms with E-state index in [-0.39, 0.29) is 10.9 Å². The smallest absolute Gasteiger partial charge is 0.267 e. The molecule has 9 heteroatoms. The monoisotopic (exact) mass is 383 g/mol. The molecule has 1 N–H and O–H groups in total. The fourth-order valence-corrected chi connectivity index (χ4v) is 2.79. The maximum Gasteiger partial charge on any atom is 0.283 e. The van der Waals surface area contributed by atoms with Crippen LogP contribution in [0.25, 0.3) is 16.7 Å². The van der Waals surface area contributed by atoms with E-state index in [4.69, 9.17) is 11.6 Å². The van der Waals surface area contributed by atoms with Crippen molar-refractivity contribution >= 4 is 28.5 Å². The predicted octanol–water partition coefficient (Wildman–Crippen LogP) is 2.76. The molecule has 0 fully saturated rings. The van der Waals surface area contributed by atoms with Gasteiger partial charge in [0.2, 0.25) is 0 Å². The van der Waals surface area contributed by atoms with Gasteiger partial charge in [-0.15, -0.1) is 0 Å². The zero-order valence-corrected chi connectivity index (χ0v) is 14.4. The van der Waals surface area contributed by atoms with Crippen molar-refractivity contribution in [2.75, 3.05) is 5.43 Å². The minimum absolute atomic E-state index is 0.181. The van der Waals surface area contributed by atoms with Crippen LogP contribution in [0, 0.1) is 5.82 Å². The molecular formula is C18H11ClFN5O2. The number of aromatic nitrogens is 4. The van der Waals surface area contributed by atoms with E-state index in [1.165, 1.54) is 29.1 Å². The topological polar surface area (TPSA) is 81.8 Å². The summed E-state index contributed by atoms with van der Waals surface area (Å²) >= 11 is 5.99. The minimum Gasteiger partial charge on any atom is -0.267 e. The van der Waals surface area contributed by atoms with E-state index in [2.05, 4.69) is 15.5 Å². The molecule has 0 atom stereocenters. The zero-order valence-electron chi connectivity index (χ0n) is 13.6. The van der Waals surface area contributed by atoms with E-state index < -0.39 is 17.3 Å². The molecule has 0 saturated carbocycles. The zero-order chi connectivity index (χ0) is 19.0. The molecule has 0 aliphatic carbocycles. The van der Waals surface area contributed by atoms with E-state index >= 15 is 0 Å². The molecule has 0 unspecified atom stereocenters. The van der Waals surface area contributed by atoms with Crippen LogP contribution in [0.5, 0.6) is 0 Å². The first-order chi connectivity index (χ1) is 13.0. The fraction of sp³-hybridized carbons (Fsp3) is 0. The van der Waals surface area contributed by atoms with E-state index in [1.54, 1.807) is 24.3 Å². The molecule has 0 aliphatic rings. The summed E-state index contributed by atoms with van der Waals surface area (Å²) in [5, 5.41) is 4.87. The van der Waals surface area contributed by atoms with Crippen molar-refractivity contribution in [3.05, 3.63) is 87.8 Å². The first-order valence-electron chi connectivity index (χ1n) is 7.82. The van der Waals surface area contributed by atoms with Gasteiger partial charge in [0, 0.05) is 5.02 Å². The second-order valence-corrected chi connectivity index (χ2v) is 6.05. The maximum atomic E-state index is 13.7. The molecule has 0 spiro atoms. The summed E-state index contributed by atoms with van der Waals surface area (Å²) in [6.07, 6.45) is 2.49. The summed E-state index contributed by atoms with van der Waals surface area (Å²) < 4.78 is 16.1. The maximum absolute atomic E-state index is 13.7. The number of amides is 1. The van der Waals surface area contributed by atoms with Gasteiger partial charge in [-0.3, -0.25) is 15.0 Å². The molecule has 0 saturated heterocycles. The Morgan fingerprint density at radius 1 is 1.15 bits per heavy atom. The number of nitrogens with one attached hydrogen (secondary N) is 1. The van der Waals surface area contributed by atoms with E-state index in [9.17, 15) is 14.0 Å². The average molecular weight is 384 g/mol. The van der Waals surface area contributed by atoms with Crippen LogP contribution in [0.3, 0.4) is 0 Å². The van der Waals surface area contributed by atoms with E-state index in [1.807, 2.05) is 0 Å². The fourth-order valence-electron chi connectivity index (χ4n) is 2.60. The van der Waals surface area contributed by atoms with Gasteiger partial charge in [-0.05, 0) is 30.3 Å². The highest BCUT2D eigenvalue weighted by atomic mass is 35.5. The molecule has 4 aromatic rings. The van der Waals surface area contributed by atoms with Crippen LogP contribution in [0.15, 0.2) is 65.8 Å². The van der Waals surface area contributed by atoms with Gasteiger partial charge in [0.05, 0.1) is 17.4 Å². The minimum atomic E-state index is -0.765. The van der Waals surface area contributed by atoms with Crippen LogP contribution in [0.4, 0.5) is 4.39 Å². The number of rotatable bonds is 3. The third-order valence-corrected chi connectivity index (χ3v) is 4.12. The summed E-state index contributed by atoms with van der Waals surface area (Å²) in [6.45, 7) is 0. The summed E-state index contributed by atoms with van der Waals surface area (Å²) in [6, 6.07) is 12.4. The van der Waals surface area contributed by atoms with Gasteiger partial charge in [0.1, 0.15) is 17.5 Å². The van der Waals surface area contributed by atoms with Gasteiger partial charge in [0.25, 0.3) is 11.5 Å². The number of carbonyl (C=O) groups excluding carboxylic acids is 1. The number of hydrogen-bond donors (Lipinski definition) is 1. The largest absolute Gasteiger partial charge is 0.283 e. The molecule has 27 heavy (non-hydrogen) atoms. The molecule has 2 heterocycles. The van der Waals surface area contributed by atoms with Gasteiger partial charge in [-0.25, -0.2) is 18.7 Å². The van der Waals surface area contributed by atoms with Gasteiger partial charge in [-0.2, -0.15) is 5.10 Å². The molecule has 0 bridgehead atoms. The highest BCUT2D eigenvalue weighted by molar-refractivity contribution is 6.30. The Hall–Kier alpha value is -3.52. The number of fused-ring (bicyclic) bond motifs is 1. The molecule has 134 valence electrons. The van der Waals surface area contributed by atoms with Crippen molar-refractivity contribution in [1.82, 2.24) is 19.4 Å². The Morgan fingerprint density at radius 2 is 1.96 bits per heavy atom. The highest BCUT2D eigenvalue weighted by Crippen LogP contribution is 2.17. The third kappa shape index (κ3) is 3.06. The Bertz CT molecular complexity index is 1230. The van der Waals surface area contributed by atoms with Crippen LogP contribution < -0.4 is 11.0 Å². The molecule has 0 aliphatic heterocycles. The molecule has 2 aromatic carbocycles. The van der Waals surface area contributed by atoms with Gasteiger partial charge < -0.3 is 0 Å². The van der Waals surface area contributed by atoms with Crippen LogP contribution in [0.1, 0.15) is 10.4 Å². The lowest BCUT2D eigenvalue weighted by atomic mass is 10.2. The lowest BCUT2D eigenvalue weighted by Gasteiger charge is -2.08. The van der Waals surface area contributed by atoms with E-state index in [0.717, 1.165) is 17.1 Å². The summed E-state index contributed by atoms with van der Waals surface area (Å²) in [5.41, 5.74) is 2.54. The first kappa shape index (κ1) is 16.9. The number of carbonyl (C=O) groups is 1. The average Bonchev–Trinajstić information content (AvgIpc) is 3.09. The van der Waals surface area contributed by atoms with Crippen LogP contribution in [-0.2, 0) is 0 Å². The lowest BCUT2D eigenvalue weighted by Crippen LogP contribution is -2.33. The second kappa shape index (κ2) is 6.65. The second-order valence-electron chi connectivity index (χ2n) is 5.61. The molecule has 7 nitrogen and oxygen atoms in total. The van der Waals surface area contributed by atoms with Gasteiger partial charge in [0.15, 0.2) is 5.65 Å². The van der Waals surface area contributed by atoms with Gasteiger partial charge in [-0.1, -0.05) is 29.8 Å². The molecule has 1 amide bonds. The van der Waals surface area contributed by atoms with E-state index in [0.29, 0.717) is 16.4 Å². The molecule has 4 rings (SSSR count). The predicted molar refractivity (Wildman–Crippen MR) is 98.2 cm³/mol. The Morgan fingerprint density at radius 3 is 2.74 bits per heavy atom. The Labute approximate surface area is 156 Å². The van der Waals surface area contributed by atoms with Crippen molar-refractivity contribution in [3.63, 3.8) is 0 Å². The van der Waals surface area contributed by atoms with Crippen molar-refractivity contribution < 1.29 is 9.18 Å². The normalized spacial score (nSPS) is 10.9. The standard InChI is InChI=1S/C18H11ClFN5O2/c19-11-4-3-5-12(8-11)25-16-14(9-22-25)18(27)24(10-21-16)23-17(26)13-6-1-2-7-15(13)20/h1-10H,(H,23,26). The van der Waals surface area contributed by atoms with Crippen molar-refractivity contribution in [2.45, 2.75) is 0 Å². The van der Waals surface area contributed by atoms with Crippen molar-refractivity contribution in [3.8, 4) is 5.69 Å². The third-order valence-electron chi connectivity index (χ3n) is 3.88. The first-order valence-corrected chi connectivity index (χ1v) is 8.19. The highest BCUT2D eigenvalue weighted by Gasteiger charge is 2.15. The van der Waals surface area contributed by atoms with Crippen LogP contribution in [0.2, 0.25) is 5.02 Å². The molecule has 0 radical (unpaired) electrons. The van der Waals surface area contributed by atoms with Crippen LogP contribution >= 0.6 is 11.6 Å². The SMILES string of the molecule is O=C(Nn1cnc2c(cnn2-c2cccc(Cl)c2)c1=O)c1ccccc1F. The Kier molecular flexibility index (Phi) is 4.17. The quantitative estimate of drug-likeness (QED) is 0.589. The van der Waals surface area contributed by atoms with Crippen molar-refractivity contribution in [2.24, 2.45) is 0 Å². The summed E-state index contributed by atoms with van der Waals surface area (Å²) in [7, 11) is 0. The Balaban J connectivity index is 1.73. The molecular weight excluding hydrogens is 373 g/mol. The number of halogens is 2. The number of nitrogens with zero attached hydrogens (tertiary/aromatic N) is 4. The number of benzene rings is 2. The van der Waals surface area contributed by atoms with Crippen molar-refractivity contribution in [1.29, 1.82) is 0 Å².